The summed E-state index contributed by atoms with van der Waals surface area (Å²) in [5, 5.41) is 11.1. The quantitative estimate of drug-likeness (QED) is 0.303. The van der Waals surface area contributed by atoms with E-state index in [1.54, 1.807) is 6.92 Å². The lowest BCUT2D eigenvalue weighted by molar-refractivity contribution is -0.384. The van der Waals surface area contributed by atoms with Gasteiger partial charge >= 0.3 is 10.8 Å². The summed E-state index contributed by atoms with van der Waals surface area (Å²) in [6, 6.07) is 8.40. The van der Waals surface area contributed by atoms with Crippen molar-refractivity contribution >= 4 is 43.2 Å². The molecule has 0 fully saturated rings. The van der Waals surface area contributed by atoms with E-state index in [9.17, 15) is 28.1 Å². The van der Waals surface area contributed by atoms with E-state index < -0.39 is 27.0 Å². The number of aromatic nitrogens is 1. The summed E-state index contributed by atoms with van der Waals surface area (Å²) < 4.78 is 33.7. The van der Waals surface area contributed by atoms with Crippen molar-refractivity contribution in [1.29, 1.82) is 0 Å². The molecule has 0 saturated carbocycles. The molecule has 0 saturated heterocycles. The summed E-state index contributed by atoms with van der Waals surface area (Å²) in [7, 11) is -4.12. The van der Waals surface area contributed by atoms with Crippen molar-refractivity contribution < 1.29 is 22.9 Å². The van der Waals surface area contributed by atoms with Crippen molar-refractivity contribution in [3.8, 4) is 0 Å². The second kappa shape index (κ2) is 8.73. The van der Waals surface area contributed by atoms with Gasteiger partial charge in [-0.05, 0) is 30.7 Å². The molecule has 12 heteroatoms. The molecule has 0 unspecified atom stereocenters. The first-order valence-corrected chi connectivity index (χ1v) is 11.0. The van der Waals surface area contributed by atoms with Gasteiger partial charge in [0.05, 0.1) is 39.1 Å². The summed E-state index contributed by atoms with van der Waals surface area (Å²) in [6.07, 6.45) is -0.353. The van der Waals surface area contributed by atoms with Crippen LogP contribution < -0.4 is 9.60 Å². The number of non-ortho nitro benzene ring substituents is 1. The van der Waals surface area contributed by atoms with Crippen molar-refractivity contribution in [1.82, 2.24) is 9.71 Å². The molecule has 0 radical (unpaired) electrons. The van der Waals surface area contributed by atoms with Crippen LogP contribution in [0.4, 0.5) is 5.69 Å². The van der Waals surface area contributed by atoms with E-state index in [-0.39, 0.29) is 34.0 Å². The molecule has 1 aromatic heterocycles. The van der Waals surface area contributed by atoms with Gasteiger partial charge in [-0.2, -0.15) is 0 Å². The molecule has 0 aliphatic heterocycles. The number of sulfonamides is 1. The van der Waals surface area contributed by atoms with Crippen LogP contribution in [0.5, 0.6) is 0 Å². The molecule has 0 spiro atoms. The first-order chi connectivity index (χ1) is 14.2. The van der Waals surface area contributed by atoms with Crippen LogP contribution in [0.25, 0.3) is 10.2 Å². The van der Waals surface area contributed by atoms with E-state index in [2.05, 4.69) is 9.71 Å². The normalized spacial score (nSPS) is 12.6. The second-order valence-corrected chi connectivity index (χ2v) is 8.94. The number of rotatable bonds is 8. The van der Waals surface area contributed by atoms with Gasteiger partial charge in [-0.25, -0.2) is 13.1 Å². The molecular weight excluding hydrogens is 434 g/mol. The molecule has 1 heterocycles. The van der Waals surface area contributed by atoms with Gasteiger partial charge in [-0.1, -0.05) is 23.5 Å². The summed E-state index contributed by atoms with van der Waals surface area (Å²) in [6.45, 7) is 1.72. The van der Waals surface area contributed by atoms with Crippen molar-refractivity contribution in [2.24, 2.45) is 0 Å². The number of aromatic amines is 1. The highest BCUT2D eigenvalue weighted by molar-refractivity contribution is 7.89. The number of fused-ring (bicyclic) bond motifs is 1. The van der Waals surface area contributed by atoms with Crippen molar-refractivity contribution in [3.05, 3.63) is 67.8 Å². The topological polar surface area (TPSA) is 148 Å². The number of H-pyrrole nitrogens is 1. The Balaban J connectivity index is 1.97. The lowest BCUT2D eigenvalue weighted by atomic mass is 10.0. The highest BCUT2D eigenvalue weighted by Gasteiger charge is 2.26. The van der Waals surface area contributed by atoms with Crippen molar-refractivity contribution in [2.75, 3.05) is 6.61 Å². The molecule has 0 aliphatic carbocycles. The minimum atomic E-state index is -4.12. The van der Waals surface area contributed by atoms with Crippen molar-refractivity contribution in [2.45, 2.75) is 24.3 Å². The molecule has 30 heavy (non-hydrogen) atoms. The van der Waals surface area contributed by atoms with Gasteiger partial charge in [-0.15, -0.1) is 0 Å². The first-order valence-electron chi connectivity index (χ1n) is 8.75. The van der Waals surface area contributed by atoms with Gasteiger partial charge in [0.2, 0.25) is 10.0 Å². The number of nitro benzene ring substituents is 1. The summed E-state index contributed by atoms with van der Waals surface area (Å²) in [5.74, 6) is -0.656. The number of esters is 1. The SMILES string of the molecule is CCOC(=O)C[C@H](NS(=O)(=O)c1ccc2[nH]c(=O)sc2c1)c1cccc([N+](=O)[O-])c1. The Morgan fingerprint density at radius 3 is 2.77 bits per heavy atom. The van der Waals surface area contributed by atoms with Gasteiger partial charge in [0.25, 0.3) is 5.69 Å². The third kappa shape index (κ3) is 4.90. The van der Waals surface area contributed by atoms with Gasteiger partial charge < -0.3 is 9.72 Å². The maximum absolute atomic E-state index is 12.9. The molecule has 3 aromatic rings. The zero-order valence-electron chi connectivity index (χ0n) is 15.7. The predicted octanol–water partition coefficient (Wildman–Crippen LogP) is 2.47. The Bertz CT molecular complexity index is 1260. The number of hydrogen-bond donors (Lipinski definition) is 2. The fourth-order valence-corrected chi connectivity index (χ4v) is 4.92. The highest BCUT2D eigenvalue weighted by Crippen LogP contribution is 2.26. The molecule has 158 valence electrons. The first kappa shape index (κ1) is 21.6. The molecule has 1 atom stereocenters. The Morgan fingerprint density at radius 2 is 2.07 bits per heavy atom. The molecule has 10 nitrogen and oxygen atoms in total. The molecule has 0 amide bonds. The number of carbonyl (C=O) groups is 1. The average Bonchev–Trinajstić information content (AvgIpc) is 3.06. The lowest BCUT2D eigenvalue weighted by Gasteiger charge is -2.18. The molecule has 3 rings (SSSR count). The number of hydrogen-bond acceptors (Lipinski definition) is 8. The monoisotopic (exact) mass is 451 g/mol. The number of thiazole rings is 1. The van der Waals surface area contributed by atoms with E-state index >= 15 is 0 Å². The number of nitrogens with zero attached hydrogens (tertiary/aromatic N) is 1. The van der Waals surface area contributed by atoms with E-state index in [0.29, 0.717) is 10.2 Å². The maximum atomic E-state index is 12.9. The third-order valence-corrected chi connectivity index (χ3v) is 6.47. The predicted molar refractivity (Wildman–Crippen MR) is 110 cm³/mol. The summed E-state index contributed by atoms with van der Waals surface area (Å²) in [4.78, 5) is 36.1. The fraction of sp³-hybridized carbons (Fsp3) is 0.222. The van der Waals surface area contributed by atoms with Gasteiger partial charge in [0, 0.05) is 12.1 Å². The second-order valence-electron chi connectivity index (χ2n) is 6.21. The number of nitro groups is 1. The fourth-order valence-electron chi connectivity index (χ4n) is 2.82. The van der Waals surface area contributed by atoms with Crippen LogP contribution >= 0.6 is 11.3 Å². The minimum absolute atomic E-state index is 0.107. The lowest BCUT2D eigenvalue weighted by Crippen LogP contribution is -2.30. The molecule has 2 aromatic carbocycles. The summed E-state index contributed by atoms with van der Waals surface area (Å²) >= 11 is 0.868. The zero-order valence-corrected chi connectivity index (χ0v) is 17.3. The largest absolute Gasteiger partial charge is 0.466 e. The van der Waals surface area contributed by atoms with Crippen molar-refractivity contribution in [3.63, 3.8) is 0 Å². The van der Waals surface area contributed by atoms with Crippen LogP contribution in [-0.2, 0) is 19.6 Å². The number of ether oxygens (including phenoxy) is 1. The maximum Gasteiger partial charge on any atom is 0.307 e. The Kier molecular flexibility index (Phi) is 6.29. The van der Waals surface area contributed by atoms with E-state index in [1.165, 1.54) is 42.5 Å². The van der Waals surface area contributed by atoms with Gasteiger partial charge in [0.15, 0.2) is 0 Å². The van der Waals surface area contributed by atoms with E-state index in [4.69, 9.17) is 4.74 Å². The van der Waals surface area contributed by atoms with Crippen LogP contribution in [0, 0.1) is 10.1 Å². The average molecular weight is 451 g/mol. The molecule has 0 aliphatic rings. The van der Waals surface area contributed by atoms with Crippen LogP contribution in [0.3, 0.4) is 0 Å². The summed E-state index contributed by atoms with van der Waals surface area (Å²) in [5.41, 5.74) is 0.512. The minimum Gasteiger partial charge on any atom is -0.466 e. The molecule has 2 N–H and O–H groups in total. The smallest absolute Gasteiger partial charge is 0.307 e. The Labute approximate surface area is 174 Å². The third-order valence-electron chi connectivity index (χ3n) is 4.16. The highest BCUT2D eigenvalue weighted by atomic mass is 32.2. The van der Waals surface area contributed by atoms with Gasteiger partial charge in [-0.3, -0.25) is 19.7 Å². The zero-order chi connectivity index (χ0) is 21.9. The van der Waals surface area contributed by atoms with Crippen LogP contribution in [0.15, 0.2) is 52.2 Å². The standard InChI is InChI=1S/C18H17N3O7S2/c1-2-28-17(22)10-15(11-4-3-5-12(8-11)21(24)25)20-30(26,27)13-6-7-14-16(9-13)29-18(23)19-14/h3-9,15,20H,2,10H2,1H3,(H,19,23)/t15-/m0/s1. The Morgan fingerprint density at radius 1 is 1.30 bits per heavy atom. The van der Waals surface area contributed by atoms with Gasteiger partial charge in [0.1, 0.15) is 0 Å². The van der Waals surface area contributed by atoms with Crippen LogP contribution in [0.2, 0.25) is 0 Å². The molecule has 0 bridgehead atoms. The molecular formula is C18H17N3O7S2. The van der Waals surface area contributed by atoms with E-state index in [1.807, 2.05) is 0 Å². The Hall–Kier alpha value is -3.09. The van der Waals surface area contributed by atoms with E-state index in [0.717, 1.165) is 11.3 Å². The van der Waals surface area contributed by atoms with Crippen LogP contribution in [0.1, 0.15) is 24.9 Å². The number of benzene rings is 2. The number of nitrogens with one attached hydrogen (secondary N) is 2. The van der Waals surface area contributed by atoms with Crippen LogP contribution in [-0.4, -0.2) is 30.9 Å². The number of carbonyl (C=O) groups excluding carboxylic acids is 1.